The van der Waals surface area contributed by atoms with E-state index < -0.39 is 0 Å². The predicted octanol–water partition coefficient (Wildman–Crippen LogP) is 6.19. The van der Waals surface area contributed by atoms with Crippen molar-refractivity contribution in [3.05, 3.63) is 94.2 Å². The molecule has 168 valence electrons. The van der Waals surface area contributed by atoms with Crippen LogP contribution in [0.25, 0.3) is 5.69 Å². The molecule has 4 aromatic rings. The number of hydrogen-bond acceptors (Lipinski definition) is 5. The summed E-state index contributed by atoms with van der Waals surface area (Å²) >= 11 is 13.4. The highest BCUT2D eigenvalue weighted by Gasteiger charge is 2.17. The average molecular weight is 499 g/mol. The Bertz CT molecular complexity index is 1250. The van der Waals surface area contributed by atoms with Gasteiger partial charge < -0.3 is 10.1 Å². The molecule has 0 spiro atoms. The number of nitrogens with one attached hydrogen (secondary N) is 1. The van der Waals surface area contributed by atoms with E-state index in [2.05, 4.69) is 15.5 Å². The van der Waals surface area contributed by atoms with Gasteiger partial charge in [0.05, 0.1) is 16.5 Å². The summed E-state index contributed by atoms with van der Waals surface area (Å²) in [6, 6.07) is 22.4. The summed E-state index contributed by atoms with van der Waals surface area (Å²) in [5, 5.41) is 12.9. The third-order valence-corrected chi connectivity index (χ3v) is 6.13. The first-order chi connectivity index (χ1) is 16.0. The smallest absolute Gasteiger partial charge is 0.234 e. The molecule has 0 radical (unpaired) electrons. The molecule has 0 aliphatic rings. The number of aryl methyl sites for hydroxylation is 1. The normalized spacial score (nSPS) is 10.8. The summed E-state index contributed by atoms with van der Waals surface area (Å²) in [5.41, 5.74) is 2.49. The lowest BCUT2D eigenvalue weighted by molar-refractivity contribution is -0.113. The minimum atomic E-state index is -0.232. The van der Waals surface area contributed by atoms with Crippen LogP contribution < -0.4 is 10.1 Å². The number of carbonyl (C=O) groups is 1. The third kappa shape index (κ3) is 6.07. The molecular formula is C24H20Cl2N4O2S. The van der Waals surface area contributed by atoms with Crippen molar-refractivity contribution < 1.29 is 9.53 Å². The van der Waals surface area contributed by atoms with Gasteiger partial charge in [0.25, 0.3) is 0 Å². The van der Waals surface area contributed by atoms with E-state index in [0.29, 0.717) is 26.7 Å². The first kappa shape index (κ1) is 23.2. The molecule has 1 heterocycles. The molecule has 0 bridgehead atoms. The van der Waals surface area contributed by atoms with Crippen LogP contribution >= 0.6 is 35.0 Å². The molecule has 1 N–H and O–H groups in total. The predicted molar refractivity (Wildman–Crippen MR) is 133 cm³/mol. The van der Waals surface area contributed by atoms with E-state index in [9.17, 15) is 4.79 Å². The standard InChI is InChI=1S/C24H20Cl2N4O2S/c1-16-7-10-18(11-8-16)30-22(14-32-19-5-3-2-4-6-19)28-29-24(30)33-15-23(31)27-21-13-17(25)9-12-20(21)26/h2-13H,14-15H2,1H3,(H,27,31). The first-order valence-corrected chi connectivity index (χ1v) is 11.8. The van der Waals surface area contributed by atoms with E-state index in [1.54, 1.807) is 18.2 Å². The van der Waals surface area contributed by atoms with Gasteiger partial charge in [0.15, 0.2) is 11.0 Å². The lowest BCUT2D eigenvalue weighted by atomic mass is 10.2. The van der Waals surface area contributed by atoms with Crippen LogP contribution in [0.5, 0.6) is 5.75 Å². The molecular weight excluding hydrogens is 479 g/mol. The SMILES string of the molecule is Cc1ccc(-n2c(COc3ccccc3)nnc2SCC(=O)Nc2cc(Cl)ccc2Cl)cc1. The summed E-state index contributed by atoms with van der Waals surface area (Å²) in [6.07, 6.45) is 0. The van der Waals surface area contributed by atoms with Crippen molar-refractivity contribution in [3.8, 4) is 11.4 Å². The van der Waals surface area contributed by atoms with Crippen LogP contribution in [-0.2, 0) is 11.4 Å². The molecule has 1 aromatic heterocycles. The highest BCUT2D eigenvalue weighted by atomic mass is 35.5. The van der Waals surface area contributed by atoms with E-state index in [4.69, 9.17) is 27.9 Å². The highest BCUT2D eigenvalue weighted by Crippen LogP contribution is 2.27. The molecule has 0 aliphatic heterocycles. The molecule has 0 fully saturated rings. The van der Waals surface area contributed by atoms with Crippen LogP contribution in [0.3, 0.4) is 0 Å². The molecule has 3 aromatic carbocycles. The number of thioether (sulfide) groups is 1. The fourth-order valence-electron chi connectivity index (χ4n) is 3.01. The summed E-state index contributed by atoms with van der Waals surface area (Å²) in [6.45, 7) is 2.26. The molecule has 0 saturated heterocycles. The van der Waals surface area contributed by atoms with Crippen molar-refractivity contribution in [1.29, 1.82) is 0 Å². The van der Waals surface area contributed by atoms with Gasteiger partial charge in [-0.25, -0.2) is 0 Å². The molecule has 1 amide bonds. The van der Waals surface area contributed by atoms with Crippen molar-refractivity contribution in [2.24, 2.45) is 0 Å². The number of hydrogen-bond donors (Lipinski definition) is 1. The Morgan fingerprint density at radius 1 is 1.03 bits per heavy atom. The number of rotatable bonds is 8. The number of benzene rings is 3. The van der Waals surface area contributed by atoms with Crippen LogP contribution in [-0.4, -0.2) is 26.4 Å². The van der Waals surface area contributed by atoms with Gasteiger partial charge >= 0.3 is 0 Å². The van der Waals surface area contributed by atoms with Gasteiger partial charge in [-0.2, -0.15) is 0 Å². The molecule has 6 nitrogen and oxygen atoms in total. The first-order valence-electron chi connectivity index (χ1n) is 10.1. The average Bonchev–Trinajstić information content (AvgIpc) is 3.23. The van der Waals surface area contributed by atoms with Gasteiger partial charge in [0.2, 0.25) is 5.91 Å². The van der Waals surface area contributed by atoms with Gasteiger partial charge in [-0.05, 0) is 49.4 Å². The number of halogens is 2. The largest absolute Gasteiger partial charge is 0.486 e. The van der Waals surface area contributed by atoms with Crippen molar-refractivity contribution in [2.75, 3.05) is 11.1 Å². The second-order valence-corrected chi connectivity index (χ2v) is 8.92. The maximum atomic E-state index is 12.5. The zero-order valence-corrected chi connectivity index (χ0v) is 20.0. The van der Waals surface area contributed by atoms with Gasteiger partial charge in [-0.1, -0.05) is 70.9 Å². The van der Waals surface area contributed by atoms with Crippen LogP contribution in [0.1, 0.15) is 11.4 Å². The fourth-order valence-corrected chi connectivity index (χ4v) is 4.12. The van der Waals surface area contributed by atoms with Crippen LogP contribution in [0, 0.1) is 6.92 Å². The topological polar surface area (TPSA) is 69.0 Å². The quantitative estimate of drug-likeness (QED) is 0.293. The number of anilines is 1. The Balaban J connectivity index is 1.51. The Morgan fingerprint density at radius 2 is 1.79 bits per heavy atom. The number of nitrogens with zero attached hydrogens (tertiary/aromatic N) is 3. The second-order valence-electron chi connectivity index (χ2n) is 7.13. The van der Waals surface area contributed by atoms with Gasteiger partial charge in [-0.15, -0.1) is 10.2 Å². The number of ether oxygens (including phenoxy) is 1. The lowest BCUT2D eigenvalue weighted by Crippen LogP contribution is -2.15. The molecule has 0 atom stereocenters. The zero-order valence-electron chi connectivity index (χ0n) is 17.7. The lowest BCUT2D eigenvalue weighted by Gasteiger charge is -2.12. The van der Waals surface area contributed by atoms with Crippen LogP contribution in [0.15, 0.2) is 78.0 Å². The van der Waals surface area contributed by atoms with Crippen LogP contribution in [0.4, 0.5) is 5.69 Å². The fraction of sp³-hybridized carbons (Fsp3) is 0.125. The molecule has 0 aliphatic carbocycles. The molecule has 4 rings (SSSR count). The number of para-hydroxylation sites is 1. The van der Waals surface area contributed by atoms with Crippen molar-refractivity contribution in [1.82, 2.24) is 14.8 Å². The van der Waals surface area contributed by atoms with E-state index in [-0.39, 0.29) is 18.3 Å². The molecule has 33 heavy (non-hydrogen) atoms. The zero-order chi connectivity index (χ0) is 23.2. The highest BCUT2D eigenvalue weighted by molar-refractivity contribution is 7.99. The number of aromatic nitrogens is 3. The van der Waals surface area contributed by atoms with E-state index in [1.807, 2.05) is 66.1 Å². The Hall–Kier alpha value is -3.00. The summed E-state index contributed by atoms with van der Waals surface area (Å²) < 4.78 is 7.78. The van der Waals surface area contributed by atoms with E-state index >= 15 is 0 Å². The van der Waals surface area contributed by atoms with Crippen molar-refractivity contribution >= 4 is 46.6 Å². The van der Waals surface area contributed by atoms with E-state index in [1.165, 1.54) is 11.8 Å². The monoisotopic (exact) mass is 498 g/mol. The van der Waals surface area contributed by atoms with Crippen molar-refractivity contribution in [3.63, 3.8) is 0 Å². The van der Waals surface area contributed by atoms with Gasteiger partial charge in [0.1, 0.15) is 12.4 Å². The maximum Gasteiger partial charge on any atom is 0.234 e. The van der Waals surface area contributed by atoms with Crippen molar-refractivity contribution in [2.45, 2.75) is 18.7 Å². The van der Waals surface area contributed by atoms with Gasteiger partial charge in [-0.3, -0.25) is 9.36 Å². The Kier molecular flexibility index (Phi) is 7.54. The minimum absolute atomic E-state index is 0.117. The summed E-state index contributed by atoms with van der Waals surface area (Å²) in [5.74, 6) is 1.25. The van der Waals surface area contributed by atoms with Gasteiger partial charge in [0, 0.05) is 10.7 Å². The minimum Gasteiger partial charge on any atom is -0.486 e. The summed E-state index contributed by atoms with van der Waals surface area (Å²) in [7, 11) is 0. The second kappa shape index (κ2) is 10.7. The molecule has 0 unspecified atom stereocenters. The maximum absolute atomic E-state index is 12.5. The Morgan fingerprint density at radius 3 is 2.55 bits per heavy atom. The molecule has 9 heteroatoms. The van der Waals surface area contributed by atoms with E-state index in [0.717, 1.165) is 17.0 Å². The number of carbonyl (C=O) groups excluding carboxylic acids is 1. The molecule has 0 saturated carbocycles. The number of amides is 1. The van der Waals surface area contributed by atoms with Crippen LogP contribution in [0.2, 0.25) is 10.0 Å². The third-order valence-electron chi connectivity index (χ3n) is 4.64. The Labute approximate surface area is 205 Å². The summed E-state index contributed by atoms with van der Waals surface area (Å²) in [4.78, 5) is 12.5.